The first-order valence-electron chi connectivity index (χ1n) is 8.31. The first-order valence-corrected chi connectivity index (χ1v) is 8.31. The number of nitrogens with one attached hydrogen (secondary N) is 1. The monoisotopic (exact) mass is 264 g/mol. The van der Waals surface area contributed by atoms with Crippen molar-refractivity contribution >= 4 is 5.91 Å². The van der Waals surface area contributed by atoms with Crippen molar-refractivity contribution in [3.63, 3.8) is 0 Å². The van der Waals surface area contributed by atoms with Crippen LogP contribution in [0.1, 0.15) is 51.4 Å². The molecule has 2 saturated heterocycles. The zero-order valence-electron chi connectivity index (χ0n) is 12.1. The van der Waals surface area contributed by atoms with E-state index in [-0.39, 0.29) is 0 Å². The first kappa shape index (κ1) is 13.4. The average Bonchev–Trinajstić information content (AvgIpc) is 2.87. The van der Waals surface area contributed by atoms with Gasteiger partial charge < -0.3 is 10.2 Å². The minimum atomic E-state index is 0.434. The molecular formula is C16H28N2O. The van der Waals surface area contributed by atoms with Crippen LogP contribution in [0.5, 0.6) is 0 Å². The summed E-state index contributed by atoms with van der Waals surface area (Å²) in [5, 5.41) is 3.44. The Hall–Kier alpha value is -0.570. The van der Waals surface area contributed by atoms with Crippen molar-refractivity contribution in [3.05, 3.63) is 0 Å². The molecule has 3 rings (SSSR count). The summed E-state index contributed by atoms with van der Waals surface area (Å²) in [6, 6.07) is 0. The molecule has 3 fully saturated rings. The Bertz CT molecular complexity index is 308. The number of carbonyl (C=O) groups is 1. The van der Waals surface area contributed by atoms with E-state index in [0.717, 1.165) is 43.7 Å². The zero-order chi connectivity index (χ0) is 13.1. The van der Waals surface area contributed by atoms with Crippen LogP contribution >= 0.6 is 0 Å². The van der Waals surface area contributed by atoms with Crippen molar-refractivity contribution in [2.45, 2.75) is 51.4 Å². The Morgan fingerprint density at radius 1 is 1.05 bits per heavy atom. The molecule has 2 heterocycles. The van der Waals surface area contributed by atoms with Gasteiger partial charge >= 0.3 is 0 Å². The van der Waals surface area contributed by atoms with Crippen molar-refractivity contribution in [2.24, 2.45) is 17.8 Å². The van der Waals surface area contributed by atoms with Crippen molar-refractivity contribution < 1.29 is 4.79 Å². The average molecular weight is 264 g/mol. The van der Waals surface area contributed by atoms with E-state index in [2.05, 4.69) is 10.2 Å². The van der Waals surface area contributed by atoms with Crippen LogP contribution in [0.25, 0.3) is 0 Å². The highest BCUT2D eigenvalue weighted by Crippen LogP contribution is 2.32. The smallest absolute Gasteiger partial charge is 0.222 e. The number of amides is 1. The molecule has 0 aromatic rings. The molecule has 0 aromatic heterocycles. The predicted molar refractivity (Wildman–Crippen MR) is 76.9 cm³/mol. The standard InChI is InChI=1S/C16H28N2O/c19-16(5-4-13-2-1-3-13)18-11-8-15(12-18)14-6-9-17-10-7-14/h13-15,17H,1-12H2. The molecule has 1 N–H and O–H groups in total. The lowest BCUT2D eigenvalue weighted by Crippen LogP contribution is -2.34. The van der Waals surface area contributed by atoms with Crippen molar-refractivity contribution in [2.75, 3.05) is 26.2 Å². The van der Waals surface area contributed by atoms with Crippen LogP contribution in [0, 0.1) is 17.8 Å². The van der Waals surface area contributed by atoms with E-state index in [1.165, 1.54) is 51.6 Å². The van der Waals surface area contributed by atoms with Crippen LogP contribution in [0.2, 0.25) is 0 Å². The molecule has 1 atom stereocenters. The van der Waals surface area contributed by atoms with Crippen LogP contribution in [0.4, 0.5) is 0 Å². The maximum Gasteiger partial charge on any atom is 0.222 e. The third-order valence-corrected chi connectivity index (χ3v) is 5.62. The van der Waals surface area contributed by atoms with Gasteiger partial charge in [-0.15, -0.1) is 0 Å². The summed E-state index contributed by atoms with van der Waals surface area (Å²) in [5.74, 6) is 2.95. The number of piperidine rings is 1. The van der Waals surface area contributed by atoms with Crippen LogP contribution in [0.15, 0.2) is 0 Å². The maximum absolute atomic E-state index is 12.2. The van der Waals surface area contributed by atoms with Gasteiger partial charge in [0.1, 0.15) is 0 Å². The van der Waals surface area contributed by atoms with Gasteiger partial charge in [-0.2, -0.15) is 0 Å². The number of hydrogen-bond acceptors (Lipinski definition) is 2. The van der Waals surface area contributed by atoms with Gasteiger partial charge in [0.25, 0.3) is 0 Å². The van der Waals surface area contributed by atoms with Gasteiger partial charge in [-0.3, -0.25) is 4.79 Å². The highest BCUT2D eigenvalue weighted by atomic mass is 16.2. The summed E-state index contributed by atoms with van der Waals surface area (Å²) in [7, 11) is 0. The second-order valence-electron chi connectivity index (χ2n) is 6.81. The summed E-state index contributed by atoms with van der Waals surface area (Å²) in [5.41, 5.74) is 0. The second-order valence-corrected chi connectivity index (χ2v) is 6.81. The molecule has 3 aliphatic rings. The van der Waals surface area contributed by atoms with Gasteiger partial charge in [-0.05, 0) is 56.5 Å². The van der Waals surface area contributed by atoms with Crippen LogP contribution in [-0.4, -0.2) is 37.0 Å². The Labute approximate surface area is 117 Å². The Kier molecular flexibility index (Phi) is 4.42. The molecule has 0 bridgehead atoms. The fraction of sp³-hybridized carbons (Fsp3) is 0.938. The fourth-order valence-corrected chi connectivity index (χ4v) is 3.98. The lowest BCUT2D eigenvalue weighted by Gasteiger charge is -2.28. The minimum absolute atomic E-state index is 0.434. The first-order chi connectivity index (χ1) is 9.33. The molecular weight excluding hydrogens is 236 g/mol. The molecule has 3 nitrogen and oxygen atoms in total. The Morgan fingerprint density at radius 3 is 2.53 bits per heavy atom. The molecule has 108 valence electrons. The van der Waals surface area contributed by atoms with Gasteiger partial charge in [-0.25, -0.2) is 0 Å². The third kappa shape index (κ3) is 3.31. The van der Waals surface area contributed by atoms with E-state index in [9.17, 15) is 4.79 Å². The van der Waals surface area contributed by atoms with Crippen LogP contribution in [0.3, 0.4) is 0 Å². The molecule has 3 heteroatoms. The number of nitrogens with zero attached hydrogens (tertiary/aromatic N) is 1. The third-order valence-electron chi connectivity index (χ3n) is 5.62. The molecule has 0 aromatic carbocycles. The number of rotatable bonds is 4. The summed E-state index contributed by atoms with van der Waals surface area (Å²) >= 11 is 0. The normalized spacial score (nSPS) is 29.5. The van der Waals surface area contributed by atoms with Crippen molar-refractivity contribution in [1.29, 1.82) is 0 Å². The highest BCUT2D eigenvalue weighted by molar-refractivity contribution is 5.76. The van der Waals surface area contributed by atoms with E-state index < -0.39 is 0 Å². The van der Waals surface area contributed by atoms with E-state index in [0.29, 0.717) is 5.91 Å². The molecule has 2 aliphatic heterocycles. The minimum Gasteiger partial charge on any atom is -0.342 e. The SMILES string of the molecule is O=C(CCC1CCC1)N1CCC(C2CCNCC2)C1. The summed E-state index contributed by atoms with van der Waals surface area (Å²) in [6.07, 6.45) is 9.96. The van der Waals surface area contributed by atoms with Gasteiger partial charge in [-0.1, -0.05) is 19.3 Å². The van der Waals surface area contributed by atoms with Gasteiger partial charge in [0, 0.05) is 19.5 Å². The molecule has 19 heavy (non-hydrogen) atoms. The van der Waals surface area contributed by atoms with Crippen LogP contribution in [-0.2, 0) is 4.79 Å². The fourth-order valence-electron chi connectivity index (χ4n) is 3.98. The molecule has 0 spiro atoms. The van der Waals surface area contributed by atoms with Gasteiger partial charge in [0.15, 0.2) is 0 Å². The van der Waals surface area contributed by atoms with Crippen molar-refractivity contribution in [1.82, 2.24) is 10.2 Å². The molecule has 1 unspecified atom stereocenters. The largest absolute Gasteiger partial charge is 0.342 e. The number of carbonyl (C=O) groups excluding carboxylic acids is 1. The summed E-state index contributed by atoms with van der Waals surface area (Å²) in [4.78, 5) is 14.4. The molecule has 1 saturated carbocycles. The summed E-state index contributed by atoms with van der Waals surface area (Å²) in [6.45, 7) is 4.43. The van der Waals surface area contributed by atoms with E-state index in [1.807, 2.05) is 0 Å². The lowest BCUT2D eigenvalue weighted by molar-refractivity contribution is -0.130. The van der Waals surface area contributed by atoms with E-state index in [4.69, 9.17) is 0 Å². The Morgan fingerprint density at radius 2 is 1.84 bits per heavy atom. The predicted octanol–water partition coefficient (Wildman–Crippen LogP) is 2.41. The van der Waals surface area contributed by atoms with E-state index >= 15 is 0 Å². The number of likely N-dealkylation sites (tertiary alicyclic amines) is 1. The van der Waals surface area contributed by atoms with Gasteiger partial charge in [0.2, 0.25) is 5.91 Å². The molecule has 0 radical (unpaired) electrons. The quantitative estimate of drug-likeness (QED) is 0.846. The second kappa shape index (κ2) is 6.25. The number of hydrogen-bond donors (Lipinski definition) is 1. The van der Waals surface area contributed by atoms with Gasteiger partial charge in [0.05, 0.1) is 0 Å². The highest BCUT2D eigenvalue weighted by Gasteiger charge is 2.32. The van der Waals surface area contributed by atoms with E-state index in [1.54, 1.807) is 0 Å². The zero-order valence-corrected chi connectivity index (χ0v) is 12.1. The topological polar surface area (TPSA) is 32.3 Å². The summed E-state index contributed by atoms with van der Waals surface area (Å²) < 4.78 is 0. The maximum atomic E-state index is 12.2. The molecule has 1 aliphatic carbocycles. The van der Waals surface area contributed by atoms with Crippen molar-refractivity contribution in [3.8, 4) is 0 Å². The molecule has 1 amide bonds. The lowest BCUT2D eigenvalue weighted by atomic mass is 9.82. The van der Waals surface area contributed by atoms with Crippen LogP contribution < -0.4 is 5.32 Å². The Balaban J connectivity index is 1.41.